The number of phosphoric acid groups is 1. The normalized spacial score (nSPS) is 14.3. The molecule has 368 valence electrons. The highest BCUT2D eigenvalue weighted by molar-refractivity contribution is 7.45. The van der Waals surface area contributed by atoms with Gasteiger partial charge in [0, 0.05) is 12.8 Å². The number of nitrogens with one attached hydrogen (secondary N) is 1. The Morgan fingerprint density at radius 1 is 0.556 bits per heavy atom. The van der Waals surface area contributed by atoms with Crippen molar-refractivity contribution in [3.8, 4) is 0 Å². The molecule has 0 aromatic rings. The first-order chi connectivity index (χ1) is 30.4. The van der Waals surface area contributed by atoms with Gasteiger partial charge in [0.2, 0.25) is 5.91 Å². The largest absolute Gasteiger partial charge is 0.756 e. The number of likely N-dealkylation sites (N-methyl/N-ethyl adjacent to an activating group) is 1. The van der Waals surface area contributed by atoms with Crippen LogP contribution in [0.25, 0.3) is 0 Å². The number of carbonyl (C=O) groups excluding carboxylic acids is 2. The highest BCUT2D eigenvalue weighted by atomic mass is 31.2. The molecule has 0 aliphatic rings. The van der Waals surface area contributed by atoms with Crippen LogP contribution < -0.4 is 10.2 Å². The number of hydrogen-bond donors (Lipinski definition) is 1. The first kappa shape index (κ1) is 61.0. The van der Waals surface area contributed by atoms with E-state index in [1.54, 1.807) is 6.08 Å². The van der Waals surface area contributed by atoms with Gasteiger partial charge < -0.3 is 28.5 Å². The molecule has 9 nitrogen and oxygen atoms in total. The van der Waals surface area contributed by atoms with Gasteiger partial charge in [-0.05, 0) is 70.3 Å². The molecule has 3 unspecified atom stereocenters. The Kier molecular flexibility index (Phi) is 42.4. The maximum Gasteiger partial charge on any atom is 0.306 e. The zero-order valence-electron chi connectivity index (χ0n) is 41.8. The summed E-state index contributed by atoms with van der Waals surface area (Å²) in [5.74, 6) is -0.631. The molecular formula is C53H99N2O7P. The highest BCUT2D eigenvalue weighted by Gasteiger charge is 2.27. The summed E-state index contributed by atoms with van der Waals surface area (Å²) in [4.78, 5) is 39.6. The molecule has 0 rings (SSSR count). The lowest BCUT2D eigenvalue weighted by Gasteiger charge is -2.30. The Hall–Kier alpha value is -2.03. The summed E-state index contributed by atoms with van der Waals surface area (Å²) in [6.45, 7) is 6.73. The lowest BCUT2D eigenvalue weighted by Crippen LogP contribution is -2.47. The third kappa shape index (κ3) is 44.9. The minimum Gasteiger partial charge on any atom is -0.756 e. The molecular weight excluding hydrogens is 808 g/mol. The number of nitrogens with zero attached hydrogens (tertiary/aromatic N) is 1. The third-order valence-corrected chi connectivity index (χ3v) is 12.2. The van der Waals surface area contributed by atoms with E-state index in [1.807, 2.05) is 33.3 Å². The highest BCUT2D eigenvalue weighted by Crippen LogP contribution is 2.38. The summed E-state index contributed by atoms with van der Waals surface area (Å²) < 4.78 is 30.0. The van der Waals surface area contributed by atoms with Crippen molar-refractivity contribution in [3.05, 3.63) is 48.6 Å². The summed E-state index contributed by atoms with van der Waals surface area (Å²) in [6.07, 6.45) is 50.9. The molecule has 1 amide bonds. The van der Waals surface area contributed by atoms with E-state index in [-0.39, 0.29) is 18.9 Å². The van der Waals surface area contributed by atoms with Gasteiger partial charge in [0.1, 0.15) is 19.3 Å². The minimum atomic E-state index is -4.70. The van der Waals surface area contributed by atoms with Gasteiger partial charge in [0.25, 0.3) is 7.82 Å². The van der Waals surface area contributed by atoms with Crippen molar-refractivity contribution in [3.63, 3.8) is 0 Å². The van der Waals surface area contributed by atoms with Crippen LogP contribution in [0.1, 0.15) is 226 Å². The molecule has 0 aliphatic heterocycles. The molecule has 0 heterocycles. The van der Waals surface area contributed by atoms with Crippen LogP contribution >= 0.6 is 7.82 Å². The van der Waals surface area contributed by atoms with Gasteiger partial charge in [-0.25, -0.2) is 0 Å². The van der Waals surface area contributed by atoms with Crippen LogP contribution in [0.5, 0.6) is 0 Å². The molecule has 0 aromatic carbocycles. The fourth-order valence-corrected chi connectivity index (χ4v) is 7.87. The topological polar surface area (TPSA) is 114 Å². The lowest BCUT2D eigenvalue weighted by atomic mass is 10.0. The molecule has 10 heteroatoms. The predicted molar refractivity (Wildman–Crippen MR) is 266 cm³/mol. The molecule has 0 radical (unpaired) electrons. The minimum absolute atomic E-state index is 0.0316. The number of amides is 1. The second-order valence-corrected chi connectivity index (χ2v) is 20.1. The average Bonchev–Trinajstić information content (AvgIpc) is 3.23. The molecule has 63 heavy (non-hydrogen) atoms. The van der Waals surface area contributed by atoms with Crippen molar-refractivity contribution in [1.82, 2.24) is 5.32 Å². The van der Waals surface area contributed by atoms with E-state index >= 15 is 0 Å². The average molecular weight is 907 g/mol. The number of quaternary nitrogens is 1. The van der Waals surface area contributed by atoms with E-state index in [0.29, 0.717) is 23.9 Å². The number of carbonyl (C=O) groups is 2. The second kappa shape index (κ2) is 43.8. The smallest absolute Gasteiger partial charge is 0.306 e. The van der Waals surface area contributed by atoms with Gasteiger partial charge in [-0.1, -0.05) is 192 Å². The SMILES string of the molecule is CCCC/C=C\CCCCCCCC(=O)NC(COP(=O)([O-])OCC[N+](C)(C)C)C(/C=C/CCCCCCCCCCCCC)OC(=O)CC/C=C/C/C=C\CCCCCCCC. The van der Waals surface area contributed by atoms with E-state index in [0.717, 1.165) is 77.0 Å². The molecule has 0 saturated heterocycles. The van der Waals surface area contributed by atoms with Gasteiger partial charge in [0.15, 0.2) is 0 Å². The molecule has 1 N–H and O–H groups in total. The van der Waals surface area contributed by atoms with Gasteiger partial charge >= 0.3 is 5.97 Å². The molecule has 3 atom stereocenters. The summed E-state index contributed by atoms with van der Waals surface area (Å²) in [6, 6.07) is -0.911. The van der Waals surface area contributed by atoms with E-state index in [4.69, 9.17) is 13.8 Å². The first-order valence-corrected chi connectivity index (χ1v) is 27.4. The van der Waals surface area contributed by atoms with Crippen molar-refractivity contribution in [1.29, 1.82) is 0 Å². The van der Waals surface area contributed by atoms with Gasteiger partial charge in [0.05, 0.1) is 33.8 Å². The van der Waals surface area contributed by atoms with Crippen LogP contribution in [-0.4, -0.2) is 69.4 Å². The van der Waals surface area contributed by atoms with Crippen molar-refractivity contribution < 1.29 is 37.3 Å². The molecule has 0 spiro atoms. The Bertz CT molecular complexity index is 1230. The van der Waals surface area contributed by atoms with Crippen LogP contribution in [0.3, 0.4) is 0 Å². The predicted octanol–water partition coefficient (Wildman–Crippen LogP) is 14.4. The van der Waals surface area contributed by atoms with Gasteiger partial charge in [-0.15, -0.1) is 0 Å². The maximum absolute atomic E-state index is 13.4. The summed E-state index contributed by atoms with van der Waals surface area (Å²) in [7, 11) is 1.15. The Morgan fingerprint density at radius 3 is 1.52 bits per heavy atom. The van der Waals surface area contributed by atoms with Gasteiger partial charge in [-0.3, -0.25) is 14.2 Å². The summed E-state index contributed by atoms with van der Waals surface area (Å²) in [5.41, 5.74) is 0. The monoisotopic (exact) mass is 907 g/mol. The van der Waals surface area contributed by atoms with Crippen LogP contribution in [-0.2, 0) is 27.9 Å². The fourth-order valence-electron chi connectivity index (χ4n) is 7.14. The number of phosphoric ester groups is 1. The van der Waals surface area contributed by atoms with Crippen LogP contribution in [0, 0.1) is 0 Å². The fraction of sp³-hybridized carbons (Fsp3) is 0.811. The zero-order chi connectivity index (χ0) is 46.5. The molecule has 0 fully saturated rings. The number of esters is 1. The molecule has 0 saturated carbocycles. The zero-order valence-corrected chi connectivity index (χ0v) is 42.7. The lowest BCUT2D eigenvalue weighted by molar-refractivity contribution is -0.870. The molecule has 0 aromatic heterocycles. The molecule has 0 aliphatic carbocycles. The van der Waals surface area contributed by atoms with E-state index in [9.17, 15) is 19.0 Å². The van der Waals surface area contributed by atoms with E-state index < -0.39 is 32.5 Å². The Labute approximate surface area is 388 Å². The third-order valence-electron chi connectivity index (χ3n) is 11.2. The standard InChI is InChI=1S/C53H99N2O7P/c1-7-10-13-16-19-22-25-27-30-32-35-38-41-44-51(62-53(57)46-43-40-37-34-31-28-26-23-20-17-14-11-8-2)50(49-61-63(58,59)60-48-47-55(4,5)6)54-52(56)45-42-39-36-33-29-24-21-18-15-12-9-3/h18,21,28,31,37,40-41,44,50-51H,7-17,19-20,22-27,29-30,32-36,38-39,42-43,45-49H2,1-6H3,(H-,54,56,58,59)/b21-18-,31-28-,40-37+,44-41+. The quantitative estimate of drug-likeness (QED) is 0.0213. The Balaban J connectivity index is 5.54. The van der Waals surface area contributed by atoms with Crippen LogP contribution in [0.15, 0.2) is 48.6 Å². The van der Waals surface area contributed by atoms with E-state index in [1.165, 1.54) is 109 Å². The number of allylic oxidation sites excluding steroid dienone is 7. The first-order valence-electron chi connectivity index (χ1n) is 25.9. The second-order valence-electron chi connectivity index (χ2n) is 18.7. The number of unbranched alkanes of at least 4 members (excludes halogenated alkanes) is 24. The number of rotatable bonds is 46. The number of hydrogen-bond acceptors (Lipinski definition) is 7. The molecule has 0 bridgehead atoms. The Morgan fingerprint density at radius 2 is 1.00 bits per heavy atom. The van der Waals surface area contributed by atoms with Crippen molar-refractivity contribution in [2.24, 2.45) is 0 Å². The van der Waals surface area contributed by atoms with Crippen molar-refractivity contribution >= 4 is 19.7 Å². The maximum atomic E-state index is 13.4. The van der Waals surface area contributed by atoms with Crippen LogP contribution in [0.4, 0.5) is 0 Å². The summed E-state index contributed by atoms with van der Waals surface area (Å²) >= 11 is 0. The van der Waals surface area contributed by atoms with E-state index in [2.05, 4.69) is 56.5 Å². The van der Waals surface area contributed by atoms with Crippen molar-refractivity contribution in [2.75, 3.05) is 40.9 Å². The van der Waals surface area contributed by atoms with Gasteiger partial charge in [-0.2, -0.15) is 0 Å². The number of ether oxygens (including phenoxy) is 1. The summed E-state index contributed by atoms with van der Waals surface area (Å²) in [5, 5.41) is 2.98. The van der Waals surface area contributed by atoms with Crippen LogP contribution in [0.2, 0.25) is 0 Å². The van der Waals surface area contributed by atoms with Crippen molar-refractivity contribution in [2.45, 2.75) is 238 Å².